The van der Waals surface area contributed by atoms with Crippen LogP contribution in [0.1, 0.15) is 31.3 Å². The molecular weight excluding hydrogens is 212 g/mol. The van der Waals surface area contributed by atoms with Crippen molar-refractivity contribution in [2.45, 2.75) is 45.3 Å². The van der Waals surface area contributed by atoms with Crippen LogP contribution in [0.15, 0.2) is 16.5 Å². The van der Waals surface area contributed by atoms with Crippen LogP contribution in [0.2, 0.25) is 0 Å². The predicted molar refractivity (Wildman–Crippen MR) is 67.9 cm³/mol. The van der Waals surface area contributed by atoms with E-state index in [0.29, 0.717) is 6.04 Å². The SMILES string of the molecule is Cc1ccc(CN2C[C@@H]3CCCN3C[C@@H]2C)o1. The van der Waals surface area contributed by atoms with Gasteiger partial charge in [0.05, 0.1) is 6.54 Å². The van der Waals surface area contributed by atoms with E-state index in [2.05, 4.69) is 28.9 Å². The molecule has 0 saturated carbocycles. The molecule has 0 aromatic carbocycles. The van der Waals surface area contributed by atoms with Gasteiger partial charge in [0.15, 0.2) is 0 Å². The van der Waals surface area contributed by atoms with Gasteiger partial charge in [0.1, 0.15) is 11.5 Å². The fourth-order valence-corrected chi connectivity index (χ4v) is 3.24. The van der Waals surface area contributed by atoms with Crippen LogP contribution in [-0.4, -0.2) is 41.5 Å². The molecule has 17 heavy (non-hydrogen) atoms. The number of aryl methyl sites for hydroxylation is 1. The molecule has 1 aromatic rings. The zero-order valence-corrected chi connectivity index (χ0v) is 10.9. The molecule has 2 fully saturated rings. The fraction of sp³-hybridized carbons (Fsp3) is 0.714. The molecule has 2 aliphatic heterocycles. The van der Waals surface area contributed by atoms with Gasteiger partial charge in [-0.25, -0.2) is 0 Å². The smallest absolute Gasteiger partial charge is 0.118 e. The van der Waals surface area contributed by atoms with E-state index in [9.17, 15) is 0 Å². The Bertz CT molecular complexity index is 387. The second-order valence-electron chi connectivity index (χ2n) is 5.58. The van der Waals surface area contributed by atoms with Crippen LogP contribution in [0.4, 0.5) is 0 Å². The molecule has 2 saturated heterocycles. The molecular formula is C14H22N2O. The van der Waals surface area contributed by atoms with Crippen molar-refractivity contribution in [3.8, 4) is 0 Å². The van der Waals surface area contributed by atoms with E-state index in [4.69, 9.17) is 4.42 Å². The number of piperazine rings is 1. The van der Waals surface area contributed by atoms with Crippen molar-refractivity contribution in [3.63, 3.8) is 0 Å². The molecule has 0 aliphatic carbocycles. The van der Waals surface area contributed by atoms with Crippen molar-refractivity contribution < 1.29 is 4.42 Å². The summed E-state index contributed by atoms with van der Waals surface area (Å²) < 4.78 is 5.69. The first-order valence-electron chi connectivity index (χ1n) is 6.76. The second kappa shape index (κ2) is 4.46. The third kappa shape index (κ3) is 2.26. The Kier molecular flexibility index (Phi) is 2.97. The highest BCUT2D eigenvalue weighted by Crippen LogP contribution is 2.25. The van der Waals surface area contributed by atoms with Gasteiger partial charge >= 0.3 is 0 Å². The van der Waals surface area contributed by atoms with E-state index in [0.717, 1.165) is 24.1 Å². The summed E-state index contributed by atoms with van der Waals surface area (Å²) in [5.41, 5.74) is 0. The van der Waals surface area contributed by atoms with Gasteiger partial charge < -0.3 is 4.42 Å². The molecule has 0 radical (unpaired) electrons. The van der Waals surface area contributed by atoms with Crippen molar-refractivity contribution in [3.05, 3.63) is 23.7 Å². The summed E-state index contributed by atoms with van der Waals surface area (Å²) in [5, 5.41) is 0. The third-order valence-corrected chi connectivity index (χ3v) is 4.22. The second-order valence-corrected chi connectivity index (χ2v) is 5.58. The average Bonchev–Trinajstić information content (AvgIpc) is 2.88. The largest absolute Gasteiger partial charge is 0.465 e. The van der Waals surface area contributed by atoms with Crippen molar-refractivity contribution >= 4 is 0 Å². The normalized spacial score (nSPS) is 30.7. The lowest BCUT2D eigenvalue weighted by Gasteiger charge is -2.41. The van der Waals surface area contributed by atoms with Gasteiger partial charge in [-0.05, 0) is 45.4 Å². The van der Waals surface area contributed by atoms with Crippen molar-refractivity contribution in [2.75, 3.05) is 19.6 Å². The zero-order valence-electron chi connectivity index (χ0n) is 10.9. The van der Waals surface area contributed by atoms with Gasteiger partial charge in [-0.15, -0.1) is 0 Å². The number of hydrogen-bond donors (Lipinski definition) is 0. The number of hydrogen-bond acceptors (Lipinski definition) is 3. The molecule has 0 bridgehead atoms. The van der Waals surface area contributed by atoms with Gasteiger partial charge in [-0.3, -0.25) is 9.80 Å². The van der Waals surface area contributed by atoms with Crippen LogP contribution >= 0.6 is 0 Å². The van der Waals surface area contributed by atoms with E-state index >= 15 is 0 Å². The van der Waals surface area contributed by atoms with Crippen molar-refractivity contribution in [2.24, 2.45) is 0 Å². The Morgan fingerprint density at radius 3 is 3.00 bits per heavy atom. The molecule has 3 nitrogen and oxygen atoms in total. The fourth-order valence-electron chi connectivity index (χ4n) is 3.24. The Labute approximate surface area is 103 Å². The highest BCUT2D eigenvalue weighted by molar-refractivity contribution is 5.06. The zero-order chi connectivity index (χ0) is 11.8. The number of furan rings is 1. The summed E-state index contributed by atoms with van der Waals surface area (Å²) in [6, 6.07) is 5.62. The standard InChI is InChI=1S/C14H22N2O/c1-11-8-15-7-3-4-13(15)9-16(11)10-14-6-5-12(2)17-14/h5-6,11,13H,3-4,7-10H2,1-2H3/t11-,13-/m0/s1. The summed E-state index contributed by atoms with van der Waals surface area (Å²) >= 11 is 0. The molecule has 3 heterocycles. The van der Waals surface area contributed by atoms with E-state index < -0.39 is 0 Å². The maximum atomic E-state index is 5.69. The van der Waals surface area contributed by atoms with Crippen LogP contribution in [0.25, 0.3) is 0 Å². The van der Waals surface area contributed by atoms with Gasteiger partial charge in [0, 0.05) is 25.2 Å². The quantitative estimate of drug-likeness (QED) is 0.782. The maximum absolute atomic E-state index is 5.69. The summed E-state index contributed by atoms with van der Waals surface area (Å²) in [4.78, 5) is 5.24. The Balaban J connectivity index is 1.66. The average molecular weight is 234 g/mol. The first-order valence-corrected chi connectivity index (χ1v) is 6.76. The minimum Gasteiger partial charge on any atom is -0.465 e. The van der Waals surface area contributed by atoms with E-state index in [1.165, 1.54) is 32.5 Å². The van der Waals surface area contributed by atoms with Crippen molar-refractivity contribution in [1.82, 2.24) is 9.80 Å². The molecule has 0 N–H and O–H groups in total. The highest BCUT2D eigenvalue weighted by atomic mass is 16.3. The highest BCUT2D eigenvalue weighted by Gasteiger charge is 2.34. The third-order valence-electron chi connectivity index (χ3n) is 4.22. The van der Waals surface area contributed by atoms with Gasteiger partial charge in [0.2, 0.25) is 0 Å². The monoisotopic (exact) mass is 234 g/mol. The van der Waals surface area contributed by atoms with Gasteiger partial charge in [-0.2, -0.15) is 0 Å². The lowest BCUT2D eigenvalue weighted by Crippen LogP contribution is -2.54. The Morgan fingerprint density at radius 2 is 2.24 bits per heavy atom. The van der Waals surface area contributed by atoms with Gasteiger partial charge in [-0.1, -0.05) is 0 Å². The van der Waals surface area contributed by atoms with Crippen LogP contribution in [0.5, 0.6) is 0 Å². The van der Waals surface area contributed by atoms with Crippen LogP contribution in [0.3, 0.4) is 0 Å². The number of nitrogens with zero attached hydrogens (tertiary/aromatic N) is 2. The summed E-state index contributed by atoms with van der Waals surface area (Å²) in [6.45, 7) is 9.07. The minimum atomic E-state index is 0.648. The Hall–Kier alpha value is -0.800. The molecule has 1 aromatic heterocycles. The van der Waals surface area contributed by atoms with E-state index in [1.807, 2.05) is 6.92 Å². The molecule has 0 spiro atoms. The summed E-state index contributed by atoms with van der Waals surface area (Å²) in [5.74, 6) is 2.13. The van der Waals surface area contributed by atoms with Crippen molar-refractivity contribution in [1.29, 1.82) is 0 Å². The molecule has 94 valence electrons. The molecule has 2 atom stereocenters. The lowest BCUT2D eigenvalue weighted by atomic mass is 10.1. The van der Waals surface area contributed by atoms with E-state index in [-0.39, 0.29) is 0 Å². The first kappa shape index (κ1) is 11.3. The predicted octanol–water partition coefficient (Wildman–Crippen LogP) is 2.26. The molecule has 3 rings (SSSR count). The topological polar surface area (TPSA) is 19.6 Å². The minimum absolute atomic E-state index is 0.648. The lowest BCUT2D eigenvalue weighted by molar-refractivity contribution is 0.0492. The molecule has 3 heteroatoms. The first-order chi connectivity index (χ1) is 8.22. The van der Waals surface area contributed by atoms with Crippen LogP contribution in [-0.2, 0) is 6.54 Å². The van der Waals surface area contributed by atoms with Crippen LogP contribution < -0.4 is 0 Å². The van der Waals surface area contributed by atoms with Crippen LogP contribution in [0, 0.1) is 6.92 Å². The number of fused-ring (bicyclic) bond motifs is 1. The summed E-state index contributed by atoms with van der Waals surface area (Å²) in [6.07, 6.45) is 2.76. The number of rotatable bonds is 2. The Morgan fingerprint density at radius 1 is 1.35 bits per heavy atom. The van der Waals surface area contributed by atoms with E-state index in [1.54, 1.807) is 0 Å². The molecule has 0 unspecified atom stereocenters. The van der Waals surface area contributed by atoms with Gasteiger partial charge in [0.25, 0.3) is 0 Å². The molecule has 2 aliphatic rings. The summed E-state index contributed by atoms with van der Waals surface area (Å²) in [7, 11) is 0. The maximum Gasteiger partial charge on any atom is 0.118 e. The molecule has 0 amide bonds.